The van der Waals surface area contributed by atoms with E-state index in [1.807, 2.05) is 31.2 Å². The van der Waals surface area contributed by atoms with Crippen LogP contribution in [0.5, 0.6) is 0 Å². The number of carboxylic acids is 1. The van der Waals surface area contributed by atoms with E-state index in [-0.39, 0.29) is 0 Å². The van der Waals surface area contributed by atoms with Gasteiger partial charge in [0.05, 0.1) is 0 Å². The van der Waals surface area contributed by atoms with Crippen molar-refractivity contribution < 1.29 is 9.90 Å². The number of anilines is 1. The highest BCUT2D eigenvalue weighted by molar-refractivity contribution is 7.80. The smallest absolute Gasteiger partial charge is 0.326 e. The Bertz CT molecular complexity index is 341. The van der Waals surface area contributed by atoms with E-state index in [1.165, 1.54) is 0 Å². The molecule has 0 aromatic heterocycles. The van der Waals surface area contributed by atoms with Crippen molar-refractivity contribution in [3.8, 4) is 0 Å². The van der Waals surface area contributed by atoms with Crippen LogP contribution in [0, 0.1) is 6.92 Å². The molecule has 0 aliphatic heterocycles. The van der Waals surface area contributed by atoms with Crippen molar-refractivity contribution in [3.63, 3.8) is 0 Å². The van der Waals surface area contributed by atoms with Gasteiger partial charge in [-0.3, -0.25) is 0 Å². The minimum absolute atomic E-state index is 0.507. The first-order valence-corrected chi connectivity index (χ1v) is 5.44. The van der Waals surface area contributed by atoms with E-state index in [0.29, 0.717) is 12.2 Å². The van der Waals surface area contributed by atoms with E-state index in [9.17, 15) is 4.79 Å². The number of aryl methyl sites for hydroxylation is 1. The summed E-state index contributed by atoms with van der Waals surface area (Å²) in [5.41, 5.74) is 1.91. The minimum atomic E-state index is -0.840. The monoisotopic (exact) mass is 225 g/mol. The molecular formula is C11H15NO2S. The van der Waals surface area contributed by atoms with Crippen molar-refractivity contribution in [2.75, 3.05) is 11.1 Å². The number of nitrogens with one attached hydrogen (secondary N) is 1. The number of benzene rings is 1. The zero-order valence-corrected chi connectivity index (χ0v) is 9.50. The van der Waals surface area contributed by atoms with Crippen LogP contribution in [0.1, 0.15) is 12.0 Å². The van der Waals surface area contributed by atoms with E-state index in [4.69, 9.17) is 5.11 Å². The standard InChI is InChI=1S/C11H15NO2S/c1-8-4-2-3-5-9(8)12-10(6-7-15)11(13)14/h2-5,10,12,15H,6-7H2,1H3,(H,13,14). The van der Waals surface area contributed by atoms with E-state index in [1.54, 1.807) is 0 Å². The lowest BCUT2D eigenvalue weighted by Crippen LogP contribution is -2.29. The van der Waals surface area contributed by atoms with Gasteiger partial charge in [0.15, 0.2) is 0 Å². The Morgan fingerprint density at radius 3 is 2.73 bits per heavy atom. The quantitative estimate of drug-likeness (QED) is 0.673. The molecule has 15 heavy (non-hydrogen) atoms. The van der Waals surface area contributed by atoms with Crippen molar-refractivity contribution in [1.82, 2.24) is 0 Å². The van der Waals surface area contributed by atoms with Gasteiger partial charge < -0.3 is 10.4 Å². The Kier molecular flexibility index (Phi) is 4.49. The largest absolute Gasteiger partial charge is 0.480 e. The van der Waals surface area contributed by atoms with Crippen LogP contribution in [0.2, 0.25) is 0 Å². The Morgan fingerprint density at radius 1 is 1.53 bits per heavy atom. The number of hydrogen-bond donors (Lipinski definition) is 3. The van der Waals surface area contributed by atoms with E-state index < -0.39 is 12.0 Å². The highest BCUT2D eigenvalue weighted by Gasteiger charge is 2.16. The second kappa shape index (κ2) is 5.66. The van der Waals surface area contributed by atoms with Crippen molar-refractivity contribution in [2.45, 2.75) is 19.4 Å². The van der Waals surface area contributed by atoms with Crippen LogP contribution in [0.15, 0.2) is 24.3 Å². The molecule has 0 aliphatic rings. The third kappa shape index (κ3) is 3.47. The summed E-state index contributed by atoms with van der Waals surface area (Å²) >= 11 is 4.04. The number of thiol groups is 1. The zero-order valence-electron chi connectivity index (χ0n) is 8.60. The summed E-state index contributed by atoms with van der Waals surface area (Å²) < 4.78 is 0. The average molecular weight is 225 g/mol. The second-order valence-corrected chi connectivity index (χ2v) is 3.81. The first kappa shape index (κ1) is 11.9. The fourth-order valence-electron chi connectivity index (χ4n) is 1.31. The molecule has 0 fully saturated rings. The maximum atomic E-state index is 10.9. The molecule has 82 valence electrons. The third-order valence-electron chi connectivity index (χ3n) is 2.19. The Labute approximate surface area is 94.9 Å². The highest BCUT2D eigenvalue weighted by Crippen LogP contribution is 2.15. The Hall–Kier alpha value is -1.16. The molecule has 0 saturated carbocycles. The molecule has 0 bridgehead atoms. The molecule has 1 unspecified atom stereocenters. The molecule has 0 heterocycles. The lowest BCUT2D eigenvalue weighted by atomic mass is 10.1. The highest BCUT2D eigenvalue weighted by atomic mass is 32.1. The molecule has 0 aliphatic carbocycles. The predicted molar refractivity (Wildman–Crippen MR) is 64.7 cm³/mol. The first-order chi connectivity index (χ1) is 7.15. The van der Waals surface area contributed by atoms with Gasteiger partial charge >= 0.3 is 5.97 Å². The maximum Gasteiger partial charge on any atom is 0.326 e. The van der Waals surface area contributed by atoms with Gasteiger partial charge in [-0.05, 0) is 30.7 Å². The zero-order chi connectivity index (χ0) is 11.3. The number of carboxylic acid groups (broad SMARTS) is 1. The van der Waals surface area contributed by atoms with Gasteiger partial charge in [-0.1, -0.05) is 18.2 Å². The number of aliphatic carboxylic acids is 1. The van der Waals surface area contributed by atoms with Gasteiger partial charge in [0.25, 0.3) is 0 Å². The Balaban J connectivity index is 2.74. The number of para-hydroxylation sites is 1. The number of hydrogen-bond acceptors (Lipinski definition) is 3. The van der Waals surface area contributed by atoms with E-state index >= 15 is 0 Å². The summed E-state index contributed by atoms with van der Waals surface area (Å²) in [6, 6.07) is 7.07. The minimum Gasteiger partial charge on any atom is -0.480 e. The summed E-state index contributed by atoms with van der Waals surface area (Å²) in [7, 11) is 0. The van der Waals surface area contributed by atoms with Crippen LogP contribution >= 0.6 is 12.6 Å². The molecular weight excluding hydrogens is 210 g/mol. The summed E-state index contributed by atoms with van der Waals surface area (Å²) in [5.74, 6) is -0.289. The van der Waals surface area contributed by atoms with Crippen LogP contribution in [0.3, 0.4) is 0 Å². The molecule has 0 spiro atoms. The summed E-state index contributed by atoms with van der Waals surface area (Å²) in [5, 5.41) is 12.0. The molecule has 1 atom stereocenters. The van der Waals surface area contributed by atoms with Crippen molar-refractivity contribution in [1.29, 1.82) is 0 Å². The number of carbonyl (C=O) groups is 1. The molecule has 4 heteroatoms. The van der Waals surface area contributed by atoms with Gasteiger partial charge in [-0.15, -0.1) is 0 Å². The summed E-state index contributed by atoms with van der Waals surface area (Å²) in [6.07, 6.45) is 0.507. The maximum absolute atomic E-state index is 10.9. The van der Waals surface area contributed by atoms with Gasteiger partial charge in [-0.2, -0.15) is 12.6 Å². The molecule has 1 aromatic rings. The molecule has 0 amide bonds. The third-order valence-corrected chi connectivity index (χ3v) is 2.45. The molecule has 3 nitrogen and oxygen atoms in total. The van der Waals surface area contributed by atoms with Gasteiger partial charge in [0.2, 0.25) is 0 Å². The van der Waals surface area contributed by atoms with Gasteiger partial charge in [0, 0.05) is 5.69 Å². The fourth-order valence-corrected chi connectivity index (χ4v) is 1.57. The SMILES string of the molecule is Cc1ccccc1NC(CCS)C(=O)O. The van der Waals surface area contributed by atoms with E-state index in [2.05, 4.69) is 17.9 Å². The van der Waals surface area contributed by atoms with Crippen molar-refractivity contribution >= 4 is 24.3 Å². The lowest BCUT2D eigenvalue weighted by Gasteiger charge is -2.16. The lowest BCUT2D eigenvalue weighted by molar-refractivity contribution is -0.137. The number of rotatable bonds is 5. The second-order valence-electron chi connectivity index (χ2n) is 3.36. The average Bonchev–Trinajstić information content (AvgIpc) is 2.20. The van der Waals surface area contributed by atoms with Crippen molar-refractivity contribution in [2.24, 2.45) is 0 Å². The van der Waals surface area contributed by atoms with Crippen LogP contribution in [-0.2, 0) is 4.79 Å². The van der Waals surface area contributed by atoms with Crippen LogP contribution in [0.4, 0.5) is 5.69 Å². The van der Waals surface area contributed by atoms with Crippen LogP contribution in [0.25, 0.3) is 0 Å². The molecule has 0 radical (unpaired) electrons. The topological polar surface area (TPSA) is 49.3 Å². The molecule has 1 aromatic carbocycles. The van der Waals surface area contributed by atoms with Crippen molar-refractivity contribution in [3.05, 3.63) is 29.8 Å². The normalized spacial score (nSPS) is 12.1. The first-order valence-electron chi connectivity index (χ1n) is 4.81. The molecule has 2 N–H and O–H groups in total. The predicted octanol–water partition coefficient (Wildman–Crippen LogP) is 2.18. The Morgan fingerprint density at radius 2 is 2.20 bits per heavy atom. The fraction of sp³-hybridized carbons (Fsp3) is 0.364. The van der Waals surface area contributed by atoms with Gasteiger partial charge in [0.1, 0.15) is 6.04 Å². The summed E-state index contributed by atoms with van der Waals surface area (Å²) in [6.45, 7) is 1.95. The van der Waals surface area contributed by atoms with Crippen LogP contribution < -0.4 is 5.32 Å². The molecule has 0 saturated heterocycles. The van der Waals surface area contributed by atoms with E-state index in [0.717, 1.165) is 11.3 Å². The van der Waals surface area contributed by atoms with Crippen LogP contribution in [-0.4, -0.2) is 22.9 Å². The molecule has 1 rings (SSSR count). The van der Waals surface area contributed by atoms with Gasteiger partial charge in [-0.25, -0.2) is 4.79 Å². The summed E-state index contributed by atoms with van der Waals surface area (Å²) in [4.78, 5) is 10.9.